The van der Waals surface area contributed by atoms with Crippen molar-refractivity contribution < 1.29 is 14.3 Å². The van der Waals surface area contributed by atoms with Gasteiger partial charge in [0.1, 0.15) is 11.4 Å². The van der Waals surface area contributed by atoms with Crippen LogP contribution in [0.25, 0.3) is 0 Å². The molecule has 6 heteroatoms. The normalized spacial score (nSPS) is 29.4. The van der Waals surface area contributed by atoms with Crippen molar-refractivity contribution in [3.05, 3.63) is 24.0 Å². The van der Waals surface area contributed by atoms with Gasteiger partial charge in [0, 0.05) is 38.4 Å². The van der Waals surface area contributed by atoms with E-state index in [4.69, 9.17) is 4.74 Å². The molecule has 112 valence electrons. The molecule has 0 aliphatic carbocycles. The van der Waals surface area contributed by atoms with Gasteiger partial charge in [0.25, 0.3) is 5.91 Å². The summed E-state index contributed by atoms with van der Waals surface area (Å²) >= 11 is 0. The second kappa shape index (κ2) is 4.59. The highest BCUT2D eigenvalue weighted by atomic mass is 16.5. The monoisotopic (exact) mass is 289 g/mol. The second-order valence-corrected chi connectivity index (χ2v) is 6.04. The zero-order valence-electron chi connectivity index (χ0n) is 11.9. The van der Waals surface area contributed by atoms with E-state index in [1.807, 2.05) is 32.7 Å². The number of rotatable bonds is 2. The highest BCUT2D eigenvalue weighted by Crippen LogP contribution is 2.43. The minimum Gasteiger partial charge on any atom is -0.381 e. The van der Waals surface area contributed by atoms with Crippen LogP contribution in [0.3, 0.4) is 0 Å². The first-order chi connectivity index (χ1) is 10.3. The minimum absolute atomic E-state index is 0.0436. The molecular weight excluding hydrogens is 270 g/mol. The van der Waals surface area contributed by atoms with E-state index in [2.05, 4.69) is 0 Å². The van der Waals surface area contributed by atoms with Crippen LogP contribution in [-0.2, 0) is 16.1 Å². The third kappa shape index (κ3) is 1.62. The van der Waals surface area contributed by atoms with E-state index >= 15 is 0 Å². The lowest BCUT2D eigenvalue weighted by molar-refractivity contribution is -0.134. The van der Waals surface area contributed by atoms with E-state index in [0.717, 1.165) is 24.9 Å². The summed E-state index contributed by atoms with van der Waals surface area (Å²) in [7, 11) is 0. The topological polar surface area (TPSA) is 54.8 Å². The molecule has 1 aromatic rings. The van der Waals surface area contributed by atoms with Gasteiger partial charge < -0.3 is 19.1 Å². The van der Waals surface area contributed by atoms with Crippen molar-refractivity contribution in [1.82, 2.24) is 14.4 Å². The Balaban J connectivity index is 1.82. The zero-order valence-corrected chi connectivity index (χ0v) is 11.9. The quantitative estimate of drug-likeness (QED) is 0.747. The van der Waals surface area contributed by atoms with Crippen molar-refractivity contribution in [1.29, 1.82) is 0 Å². The summed E-state index contributed by atoms with van der Waals surface area (Å²) in [4.78, 5) is 28.2. The van der Waals surface area contributed by atoms with Crippen LogP contribution >= 0.6 is 0 Å². The number of hydrogen-bond acceptors (Lipinski definition) is 3. The number of hydrogen-bond donors (Lipinski definition) is 0. The molecule has 21 heavy (non-hydrogen) atoms. The van der Waals surface area contributed by atoms with Crippen molar-refractivity contribution in [3.8, 4) is 0 Å². The Labute approximate surface area is 123 Å². The average molecular weight is 289 g/mol. The largest absolute Gasteiger partial charge is 0.381 e. The fraction of sp³-hybridized carbons (Fsp3) is 0.600. The van der Waals surface area contributed by atoms with Gasteiger partial charge in [-0.25, -0.2) is 0 Å². The van der Waals surface area contributed by atoms with E-state index in [-0.39, 0.29) is 11.8 Å². The predicted molar refractivity (Wildman–Crippen MR) is 74.5 cm³/mol. The summed E-state index contributed by atoms with van der Waals surface area (Å²) in [6, 6.07) is 3.76. The molecule has 0 N–H and O–H groups in total. The lowest BCUT2D eigenvalue weighted by Crippen LogP contribution is -2.65. The fourth-order valence-corrected chi connectivity index (χ4v) is 4.23. The van der Waals surface area contributed by atoms with Crippen LogP contribution in [0.15, 0.2) is 18.3 Å². The molecule has 0 bridgehead atoms. The Morgan fingerprint density at radius 1 is 1.29 bits per heavy atom. The van der Waals surface area contributed by atoms with Crippen LogP contribution in [0, 0.1) is 5.92 Å². The van der Waals surface area contributed by atoms with Crippen molar-refractivity contribution in [2.24, 2.45) is 5.92 Å². The third-order valence-electron chi connectivity index (χ3n) is 5.23. The summed E-state index contributed by atoms with van der Waals surface area (Å²) in [6.07, 6.45) is 4.64. The van der Waals surface area contributed by atoms with Gasteiger partial charge in [-0.2, -0.15) is 0 Å². The Kier molecular flexibility index (Phi) is 2.82. The summed E-state index contributed by atoms with van der Waals surface area (Å²) in [6.45, 7) is 3.33. The first-order valence-electron chi connectivity index (χ1n) is 7.54. The highest BCUT2D eigenvalue weighted by molar-refractivity contribution is 5.94. The molecule has 2 amide bonds. The van der Waals surface area contributed by atoms with Gasteiger partial charge in [-0.1, -0.05) is 0 Å². The van der Waals surface area contributed by atoms with Crippen molar-refractivity contribution >= 4 is 12.3 Å². The molecule has 3 aliphatic rings. The lowest BCUT2D eigenvalue weighted by atomic mass is 9.83. The van der Waals surface area contributed by atoms with Gasteiger partial charge in [-0.3, -0.25) is 9.59 Å². The van der Waals surface area contributed by atoms with E-state index in [1.54, 1.807) is 0 Å². The molecule has 3 aliphatic heterocycles. The number of carbonyl (C=O) groups excluding carboxylic acids is 2. The predicted octanol–water partition coefficient (Wildman–Crippen LogP) is 0.539. The molecule has 2 fully saturated rings. The van der Waals surface area contributed by atoms with Crippen molar-refractivity contribution in [3.63, 3.8) is 0 Å². The summed E-state index contributed by atoms with van der Waals surface area (Å²) in [5.41, 5.74) is 0.222. The molecule has 0 aromatic carbocycles. The Hall–Kier alpha value is -1.82. The van der Waals surface area contributed by atoms with Gasteiger partial charge in [0.2, 0.25) is 6.41 Å². The molecule has 4 rings (SSSR count). The van der Waals surface area contributed by atoms with Gasteiger partial charge in [0.15, 0.2) is 0 Å². The number of fused-ring (bicyclic) bond motifs is 2. The number of amides is 2. The van der Waals surface area contributed by atoms with Crippen LogP contribution in [-0.4, -0.2) is 58.7 Å². The fourth-order valence-electron chi connectivity index (χ4n) is 4.23. The van der Waals surface area contributed by atoms with E-state index in [9.17, 15) is 9.59 Å². The summed E-state index contributed by atoms with van der Waals surface area (Å²) in [5, 5.41) is 0. The molecule has 0 radical (unpaired) electrons. The number of ether oxygens (including phenoxy) is 1. The van der Waals surface area contributed by atoms with Crippen molar-refractivity contribution in [2.45, 2.75) is 25.0 Å². The van der Waals surface area contributed by atoms with E-state index in [0.29, 0.717) is 32.8 Å². The van der Waals surface area contributed by atoms with E-state index in [1.165, 1.54) is 0 Å². The van der Waals surface area contributed by atoms with Crippen LogP contribution in [0.1, 0.15) is 23.3 Å². The molecule has 4 heterocycles. The second-order valence-electron chi connectivity index (χ2n) is 6.04. The smallest absolute Gasteiger partial charge is 0.272 e. The zero-order chi connectivity index (χ0) is 14.4. The molecule has 1 atom stereocenters. The average Bonchev–Trinajstić information content (AvgIpc) is 3.13. The Morgan fingerprint density at radius 3 is 2.86 bits per heavy atom. The van der Waals surface area contributed by atoms with Gasteiger partial charge in [-0.15, -0.1) is 0 Å². The third-order valence-corrected chi connectivity index (χ3v) is 5.23. The lowest BCUT2D eigenvalue weighted by Gasteiger charge is -2.51. The highest BCUT2D eigenvalue weighted by Gasteiger charge is 2.57. The first-order valence-corrected chi connectivity index (χ1v) is 7.54. The number of carbonyl (C=O) groups is 2. The molecule has 2 saturated heterocycles. The van der Waals surface area contributed by atoms with Crippen LogP contribution in [0.2, 0.25) is 0 Å². The molecule has 0 saturated carbocycles. The Morgan fingerprint density at radius 2 is 2.10 bits per heavy atom. The molecule has 1 aromatic heterocycles. The van der Waals surface area contributed by atoms with Gasteiger partial charge in [0.05, 0.1) is 6.54 Å². The van der Waals surface area contributed by atoms with Crippen LogP contribution < -0.4 is 0 Å². The minimum atomic E-state index is -0.505. The first kappa shape index (κ1) is 12.9. The molecule has 0 spiro atoms. The van der Waals surface area contributed by atoms with Crippen LogP contribution in [0.4, 0.5) is 0 Å². The summed E-state index contributed by atoms with van der Waals surface area (Å²) < 4.78 is 7.46. The Bertz CT molecular complexity index is 578. The molecule has 6 nitrogen and oxygen atoms in total. The maximum atomic E-state index is 12.8. The van der Waals surface area contributed by atoms with Gasteiger partial charge >= 0.3 is 0 Å². The van der Waals surface area contributed by atoms with E-state index < -0.39 is 5.66 Å². The molecular formula is C15H19N3O3. The summed E-state index contributed by atoms with van der Waals surface area (Å²) in [5.74, 6) is 0.320. The SMILES string of the molecule is O=CN1CCN2C(=O)c3cccn3CC12C1CCOCC1. The van der Waals surface area contributed by atoms with Crippen LogP contribution in [0.5, 0.6) is 0 Å². The molecule has 1 unspecified atom stereocenters. The maximum Gasteiger partial charge on any atom is 0.272 e. The van der Waals surface area contributed by atoms with Gasteiger partial charge in [-0.05, 0) is 25.0 Å². The number of nitrogens with zero attached hydrogens (tertiary/aromatic N) is 3. The number of aromatic nitrogens is 1. The van der Waals surface area contributed by atoms with Crippen molar-refractivity contribution in [2.75, 3.05) is 26.3 Å². The maximum absolute atomic E-state index is 12.8. The standard InChI is InChI=1S/C15H19N3O3/c19-11-17-6-7-18-14(20)13-2-1-5-16(13)10-15(17,18)12-3-8-21-9-4-12/h1-2,5,11-12H,3-4,6-10H2.